The summed E-state index contributed by atoms with van der Waals surface area (Å²) in [5, 5.41) is 13.7. The summed E-state index contributed by atoms with van der Waals surface area (Å²) in [5.41, 5.74) is 4.58. The van der Waals surface area contributed by atoms with E-state index in [1.54, 1.807) is 6.92 Å². The van der Waals surface area contributed by atoms with Crippen LogP contribution in [-0.4, -0.2) is 42.3 Å². The summed E-state index contributed by atoms with van der Waals surface area (Å²) in [6, 6.07) is 15.7. The van der Waals surface area contributed by atoms with Crippen molar-refractivity contribution in [2.75, 3.05) is 13.2 Å². The van der Waals surface area contributed by atoms with Crippen molar-refractivity contribution in [3.05, 3.63) is 59.7 Å². The predicted octanol–water partition coefficient (Wildman–Crippen LogP) is 2.89. The Hall–Kier alpha value is -3.35. The molecule has 0 saturated carbocycles. The van der Waals surface area contributed by atoms with Crippen LogP contribution in [0.25, 0.3) is 11.1 Å². The first-order valence-electron chi connectivity index (χ1n) is 9.55. The molecule has 3 N–H and O–H groups in total. The van der Waals surface area contributed by atoms with Gasteiger partial charge in [-0.3, -0.25) is 9.59 Å². The first kappa shape index (κ1) is 20.4. The van der Waals surface area contributed by atoms with Gasteiger partial charge in [0.05, 0.1) is 6.42 Å². The fourth-order valence-electron chi connectivity index (χ4n) is 3.55. The lowest BCUT2D eigenvalue weighted by Crippen LogP contribution is -2.38. The molecule has 7 heteroatoms. The highest BCUT2D eigenvalue weighted by atomic mass is 16.5. The lowest BCUT2D eigenvalue weighted by atomic mass is 9.98. The van der Waals surface area contributed by atoms with Gasteiger partial charge in [-0.25, -0.2) is 4.79 Å². The van der Waals surface area contributed by atoms with Gasteiger partial charge in [-0.15, -0.1) is 0 Å². The molecule has 1 aliphatic carbocycles. The fraction of sp³-hybridized carbons (Fsp3) is 0.318. The van der Waals surface area contributed by atoms with Crippen LogP contribution in [0.3, 0.4) is 0 Å². The van der Waals surface area contributed by atoms with Crippen LogP contribution in [0.4, 0.5) is 4.79 Å². The van der Waals surface area contributed by atoms with E-state index in [2.05, 4.69) is 22.8 Å². The number of nitrogens with one attached hydrogen (secondary N) is 2. The highest BCUT2D eigenvalue weighted by Gasteiger charge is 2.29. The van der Waals surface area contributed by atoms with Crippen LogP contribution < -0.4 is 10.6 Å². The van der Waals surface area contributed by atoms with Crippen LogP contribution >= 0.6 is 0 Å². The van der Waals surface area contributed by atoms with Crippen LogP contribution in [0.2, 0.25) is 0 Å². The van der Waals surface area contributed by atoms with Gasteiger partial charge in [-0.2, -0.15) is 0 Å². The number of carbonyl (C=O) groups is 3. The number of alkyl carbamates (subject to hydrolysis) is 1. The Morgan fingerprint density at radius 3 is 2.21 bits per heavy atom. The van der Waals surface area contributed by atoms with Crippen molar-refractivity contribution in [2.45, 2.75) is 31.7 Å². The van der Waals surface area contributed by atoms with Crippen LogP contribution in [0.5, 0.6) is 0 Å². The number of aliphatic carboxylic acids is 1. The smallest absolute Gasteiger partial charge is 0.407 e. The predicted molar refractivity (Wildman–Crippen MR) is 108 cm³/mol. The maximum Gasteiger partial charge on any atom is 0.407 e. The van der Waals surface area contributed by atoms with E-state index in [4.69, 9.17) is 9.84 Å². The van der Waals surface area contributed by atoms with Crippen LogP contribution in [0.1, 0.15) is 36.8 Å². The molecule has 2 aromatic rings. The number of carboxylic acid groups (broad SMARTS) is 1. The molecular weight excluding hydrogens is 372 g/mol. The Balaban J connectivity index is 1.51. The Labute approximate surface area is 169 Å². The van der Waals surface area contributed by atoms with E-state index >= 15 is 0 Å². The number of benzene rings is 2. The number of rotatable bonds is 8. The molecule has 29 heavy (non-hydrogen) atoms. The maximum atomic E-state index is 12.2. The van der Waals surface area contributed by atoms with Gasteiger partial charge < -0.3 is 20.5 Å². The third-order valence-corrected chi connectivity index (χ3v) is 4.86. The minimum Gasteiger partial charge on any atom is -0.481 e. The molecule has 2 amide bonds. The normalized spacial score (nSPS) is 13.1. The second-order valence-electron chi connectivity index (χ2n) is 7.07. The topological polar surface area (TPSA) is 105 Å². The zero-order valence-corrected chi connectivity index (χ0v) is 16.2. The van der Waals surface area contributed by atoms with Gasteiger partial charge in [-0.1, -0.05) is 48.5 Å². The second-order valence-corrected chi connectivity index (χ2v) is 7.07. The SMILES string of the molecule is CC(CC(=O)NCCC(=O)O)NC(=O)OCC1c2ccccc2-c2ccccc21. The monoisotopic (exact) mass is 396 g/mol. The van der Waals surface area contributed by atoms with Crippen molar-refractivity contribution in [3.8, 4) is 11.1 Å². The molecule has 0 spiro atoms. The summed E-state index contributed by atoms with van der Waals surface area (Å²) in [6.07, 6.45) is -0.679. The summed E-state index contributed by atoms with van der Waals surface area (Å²) >= 11 is 0. The van der Waals surface area contributed by atoms with Crippen molar-refractivity contribution in [1.82, 2.24) is 10.6 Å². The zero-order valence-electron chi connectivity index (χ0n) is 16.2. The molecular formula is C22H24N2O5. The van der Waals surface area contributed by atoms with E-state index < -0.39 is 18.1 Å². The number of fused-ring (bicyclic) bond motifs is 3. The van der Waals surface area contributed by atoms with E-state index in [9.17, 15) is 14.4 Å². The van der Waals surface area contributed by atoms with Gasteiger partial charge in [0.2, 0.25) is 5.91 Å². The van der Waals surface area contributed by atoms with E-state index in [-0.39, 0.29) is 37.8 Å². The number of hydrogen-bond acceptors (Lipinski definition) is 4. The standard InChI is InChI=1S/C22H24N2O5/c1-14(12-20(25)23-11-10-21(26)27)24-22(28)29-13-19-17-8-4-2-6-15(17)16-7-3-5-9-18(16)19/h2-9,14,19H,10-13H2,1H3,(H,23,25)(H,24,28)(H,26,27). The van der Waals surface area contributed by atoms with E-state index in [0.717, 1.165) is 22.3 Å². The number of ether oxygens (including phenoxy) is 1. The molecule has 2 aromatic carbocycles. The molecule has 0 aliphatic heterocycles. The first-order chi connectivity index (χ1) is 14.0. The van der Waals surface area contributed by atoms with Crippen molar-refractivity contribution in [1.29, 1.82) is 0 Å². The molecule has 1 unspecified atom stereocenters. The highest BCUT2D eigenvalue weighted by molar-refractivity contribution is 5.80. The van der Waals surface area contributed by atoms with Crippen LogP contribution in [0.15, 0.2) is 48.5 Å². The number of hydrogen-bond donors (Lipinski definition) is 3. The molecule has 3 rings (SSSR count). The summed E-state index contributed by atoms with van der Waals surface area (Å²) in [7, 11) is 0. The molecule has 0 saturated heterocycles. The van der Waals surface area contributed by atoms with Gasteiger partial charge in [0.25, 0.3) is 0 Å². The quantitative estimate of drug-likeness (QED) is 0.636. The highest BCUT2D eigenvalue weighted by Crippen LogP contribution is 2.44. The molecule has 7 nitrogen and oxygen atoms in total. The Bertz CT molecular complexity index is 866. The molecule has 1 aliphatic rings. The summed E-state index contributed by atoms with van der Waals surface area (Å²) in [6.45, 7) is 1.96. The number of carbonyl (C=O) groups excluding carboxylic acids is 2. The molecule has 152 valence electrons. The Kier molecular flexibility index (Phi) is 6.49. The minimum absolute atomic E-state index is 0.0252. The van der Waals surface area contributed by atoms with Gasteiger partial charge >= 0.3 is 12.1 Å². The number of amides is 2. The van der Waals surface area contributed by atoms with E-state index in [1.807, 2.05) is 36.4 Å². The molecule has 0 radical (unpaired) electrons. The van der Waals surface area contributed by atoms with E-state index in [1.165, 1.54) is 0 Å². The average molecular weight is 396 g/mol. The van der Waals surface area contributed by atoms with Crippen molar-refractivity contribution >= 4 is 18.0 Å². The molecule has 0 heterocycles. The first-order valence-corrected chi connectivity index (χ1v) is 9.55. The van der Waals surface area contributed by atoms with Crippen LogP contribution in [-0.2, 0) is 14.3 Å². The summed E-state index contributed by atoms with van der Waals surface area (Å²) in [5.74, 6) is -1.32. The third kappa shape index (κ3) is 5.13. The molecule has 1 atom stereocenters. The maximum absolute atomic E-state index is 12.2. The van der Waals surface area contributed by atoms with Crippen molar-refractivity contribution < 1.29 is 24.2 Å². The zero-order chi connectivity index (χ0) is 20.8. The summed E-state index contributed by atoms with van der Waals surface area (Å²) < 4.78 is 5.45. The van der Waals surface area contributed by atoms with Gasteiger partial charge in [0, 0.05) is 24.9 Å². The van der Waals surface area contributed by atoms with Crippen LogP contribution in [0, 0.1) is 0 Å². The van der Waals surface area contributed by atoms with Crippen molar-refractivity contribution in [3.63, 3.8) is 0 Å². The fourth-order valence-corrected chi connectivity index (χ4v) is 3.55. The van der Waals surface area contributed by atoms with Gasteiger partial charge in [0.1, 0.15) is 6.61 Å². The summed E-state index contributed by atoms with van der Waals surface area (Å²) in [4.78, 5) is 34.4. The van der Waals surface area contributed by atoms with Gasteiger partial charge in [-0.05, 0) is 29.2 Å². The molecule has 0 aromatic heterocycles. The average Bonchev–Trinajstić information content (AvgIpc) is 3.00. The Morgan fingerprint density at radius 2 is 1.62 bits per heavy atom. The molecule has 0 bridgehead atoms. The Morgan fingerprint density at radius 1 is 1.03 bits per heavy atom. The second kappa shape index (κ2) is 9.23. The van der Waals surface area contributed by atoms with E-state index in [0.29, 0.717) is 0 Å². The lowest BCUT2D eigenvalue weighted by molar-refractivity contribution is -0.136. The van der Waals surface area contributed by atoms with Gasteiger partial charge in [0.15, 0.2) is 0 Å². The number of carboxylic acids is 1. The third-order valence-electron chi connectivity index (χ3n) is 4.86. The largest absolute Gasteiger partial charge is 0.481 e. The lowest BCUT2D eigenvalue weighted by Gasteiger charge is -2.17. The minimum atomic E-state index is -0.977. The van der Waals surface area contributed by atoms with Crippen molar-refractivity contribution in [2.24, 2.45) is 0 Å². The molecule has 0 fully saturated rings.